The smallest absolute Gasteiger partial charge is 0.407 e. The van der Waals surface area contributed by atoms with Crippen molar-refractivity contribution < 1.29 is 19.2 Å². The average Bonchev–Trinajstić information content (AvgIpc) is 2.64. The maximum absolute atomic E-state index is 11.6. The highest BCUT2D eigenvalue weighted by molar-refractivity contribution is 6.32. The molecule has 136 valence electrons. The minimum atomic E-state index is -0.565. The first-order valence-electron chi connectivity index (χ1n) is 7.64. The van der Waals surface area contributed by atoms with E-state index in [0.29, 0.717) is 10.6 Å². The molecule has 0 unspecified atom stereocenters. The number of amides is 1. The second kappa shape index (κ2) is 9.43. The molecule has 0 aliphatic heterocycles. The topological polar surface area (TPSA) is 90.7 Å². The number of nitro groups is 1. The molecule has 8 heteroatoms. The Bertz CT molecular complexity index is 809. The van der Waals surface area contributed by atoms with Crippen LogP contribution >= 0.6 is 11.6 Å². The predicted molar refractivity (Wildman–Crippen MR) is 98.3 cm³/mol. The van der Waals surface area contributed by atoms with E-state index in [0.717, 1.165) is 5.56 Å². The van der Waals surface area contributed by atoms with Gasteiger partial charge in [0, 0.05) is 18.7 Å². The number of alkyl carbamates (subject to hydrolysis) is 1. The predicted octanol–water partition coefficient (Wildman–Crippen LogP) is 4.20. The average molecular weight is 377 g/mol. The molecule has 7 nitrogen and oxygen atoms in total. The summed E-state index contributed by atoms with van der Waals surface area (Å²) in [5.41, 5.74) is 1.14. The van der Waals surface area contributed by atoms with Gasteiger partial charge in [-0.25, -0.2) is 4.79 Å². The van der Waals surface area contributed by atoms with Crippen molar-refractivity contribution in [2.75, 3.05) is 13.7 Å². The van der Waals surface area contributed by atoms with Crippen LogP contribution in [0.5, 0.6) is 5.75 Å². The standard InChI is InChI=1S/C18H17ClN2O5/c1-25-17-11-15(19)14(10-16(17)21(23)24)8-5-9-20-18(22)26-12-13-6-3-2-4-7-13/h2-8,10-11H,9,12H2,1H3,(H,20,22). The zero-order valence-corrected chi connectivity index (χ0v) is 14.7. The number of carbonyl (C=O) groups is 1. The van der Waals surface area contributed by atoms with E-state index in [4.69, 9.17) is 21.1 Å². The molecule has 26 heavy (non-hydrogen) atoms. The molecule has 0 aliphatic carbocycles. The van der Waals surface area contributed by atoms with E-state index < -0.39 is 11.0 Å². The van der Waals surface area contributed by atoms with Crippen molar-refractivity contribution in [1.82, 2.24) is 5.32 Å². The Morgan fingerprint density at radius 3 is 2.69 bits per heavy atom. The molecule has 1 amide bonds. The highest BCUT2D eigenvalue weighted by atomic mass is 35.5. The summed E-state index contributed by atoms with van der Waals surface area (Å²) >= 11 is 6.08. The summed E-state index contributed by atoms with van der Waals surface area (Å²) < 4.78 is 10.0. The van der Waals surface area contributed by atoms with E-state index >= 15 is 0 Å². The lowest BCUT2D eigenvalue weighted by Gasteiger charge is -2.06. The molecule has 0 radical (unpaired) electrons. The fraction of sp³-hybridized carbons (Fsp3) is 0.167. The van der Waals surface area contributed by atoms with Gasteiger partial charge in [0.05, 0.1) is 17.1 Å². The van der Waals surface area contributed by atoms with Gasteiger partial charge in [0.15, 0.2) is 5.75 Å². The lowest BCUT2D eigenvalue weighted by molar-refractivity contribution is -0.385. The lowest BCUT2D eigenvalue weighted by atomic mass is 10.1. The maximum Gasteiger partial charge on any atom is 0.407 e. The van der Waals surface area contributed by atoms with E-state index in [1.54, 1.807) is 12.2 Å². The van der Waals surface area contributed by atoms with Gasteiger partial charge in [-0.15, -0.1) is 0 Å². The van der Waals surface area contributed by atoms with E-state index in [-0.39, 0.29) is 24.6 Å². The quantitative estimate of drug-likeness (QED) is 0.577. The van der Waals surface area contributed by atoms with Gasteiger partial charge in [-0.3, -0.25) is 10.1 Å². The van der Waals surface area contributed by atoms with Crippen molar-refractivity contribution >= 4 is 29.5 Å². The molecule has 0 aromatic heterocycles. The number of carbonyl (C=O) groups excluding carboxylic acids is 1. The second-order valence-electron chi connectivity index (χ2n) is 5.15. The summed E-state index contributed by atoms with van der Waals surface area (Å²) in [6.45, 7) is 0.358. The molecular weight excluding hydrogens is 360 g/mol. The molecule has 0 heterocycles. The number of benzene rings is 2. The number of halogens is 1. The molecule has 0 fully saturated rings. The Balaban J connectivity index is 1.89. The van der Waals surface area contributed by atoms with E-state index in [2.05, 4.69) is 5.32 Å². The summed E-state index contributed by atoms with van der Waals surface area (Å²) in [6.07, 6.45) is 2.62. The van der Waals surface area contributed by atoms with Gasteiger partial charge < -0.3 is 14.8 Å². The molecule has 2 aromatic carbocycles. The van der Waals surface area contributed by atoms with E-state index in [1.165, 1.54) is 19.2 Å². The monoisotopic (exact) mass is 376 g/mol. The Morgan fingerprint density at radius 1 is 1.31 bits per heavy atom. The molecule has 2 aromatic rings. The van der Waals surface area contributed by atoms with Crippen LogP contribution in [0.1, 0.15) is 11.1 Å². The van der Waals surface area contributed by atoms with Crippen LogP contribution in [0.3, 0.4) is 0 Å². The van der Waals surface area contributed by atoms with Gasteiger partial charge in [-0.05, 0) is 11.1 Å². The number of hydrogen-bond acceptors (Lipinski definition) is 5. The van der Waals surface area contributed by atoms with E-state index in [1.807, 2.05) is 30.3 Å². The van der Waals surface area contributed by atoms with Crippen LogP contribution in [0.2, 0.25) is 5.02 Å². The molecule has 0 atom stereocenters. The first-order valence-corrected chi connectivity index (χ1v) is 8.02. The van der Waals surface area contributed by atoms with Crippen LogP contribution < -0.4 is 10.1 Å². The summed E-state index contributed by atoms with van der Waals surface area (Å²) in [5, 5.41) is 13.9. The highest BCUT2D eigenvalue weighted by Crippen LogP contribution is 2.33. The summed E-state index contributed by atoms with van der Waals surface area (Å²) in [7, 11) is 1.33. The number of rotatable bonds is 7. The normalized spacial score (nSPS) is 10.5. The molecule has 2 rings (SSSR count). The maximum atomic E-state index is 11.6. The molecule has 0 saturated carbocycles. The third-order valence-corrected chi connectivity index (χ3v) is 3.70. The van der Waals surface area contributed by atoms with Crippen LogP contribution in [-0.4, -0.2) is 24.7 Å². The number of methoxy groups -OCH3 is 1. The third kappa shape index (κ3) is 5.49. The first kappa shape index (κ1) is 19.3. The van der Waals surface area contributed by atoms with Gasteiger partial charge in [-0.2, -0.15) is 0 Å². The van der Waals surface area contributed by atoms with Crippen molar-refractivity contribution in [3.8, 4) is 5.75 Å². The number of nitro benzene ring substituents is 1. The highest BCUT2D eigenvalue weighted by Gasteiger charge is 2.17. The summed E-state index contributed by atoms with van der Waals surface area (Å²) in [6, 6.07) is 12.0. The van der Waals surface area contributed by atoms with Crippen LogP contribution in [0.15, 0.2) is 48.5 Å². The third-order valence-electron chi connectivity index (χ3n) is 3.37. The van der Waals surface area contributed by atoms with Crippen molar-refractivity contribution in [1.29, 1.82) is 0 Å². The van der Waals surface area contributed by atoms with Gasteiger partial charge in [0.1, 0.15) is 6.61 Å². The van der Waals surface area contributed by atoms with Crippen LogP contribution in [-0.2, 0) is 11.3 Å². The van der Waals surface area contributed by atoms with Gasteiger partial charge in [0.2, 0.25) is 0 Å². The largest absolute Gasteiger partial charge is 0.490 e. The summed E-state index contributed by atoms with van der Waals surface area (Å²) in [4.78, 5) is 22.1. The van der Waals surface area contributed by atoms with Crippen LogP contribution in [0.4, 0.5) is 10.5 Å². The fourth-order valence-corrected chi connectivity index (χ4v) is 2.31. The zero-order valence-electron chi connectivity index (χ0n) is 14.0. The van der Waals surface area contributed by atoms with Gasteiger partial charge >= 0.3 is 11.8 Å². The fourth-order valence-electron chi connectivity index (χ4n) is 2.10. The Morgan fingerprint density at radius 2 is 2.04 bits per heavy atom. The Labute approximate surface area is 155 Å². The molecule has 0 bridgehead atoms. The summed E-state index contributed by atoms with van der Waals surface area (Å²) in [5.74, 6) is 0.0831. The van der Waals surface area contributed by atoms with Crippen molar-refractivity contribution in [2.45, 2.75) is 6.61 Å². The first-order chi connectivity index (χ1) is 12.5. The lowest BCUT2D eigenvalue weighted by Crippen LogP contribution is -2.24. The Hall–Kier alpha value is -3.06. The zero-order chi connectivity index (χ0) is 18.9. The second-order valence-corrected chi connectivity index (χ2v) is 5.55. The molecule has 1 N–H and O–H groups in total. The molecule has 0 saturated heterocycles. The molecular formula is C18H17ClN2O5. The van der Waals surface area contributed by atoms with Crippen molar-refractivity contribution in [3.05, 3.63) is 74.8 Å². The Kier molecular flexibility index (Phi) is 6.99. The minimum absolute atomic E-state index is 0.0831. The van der Waals surface area contributed by atoms with E-state index in [9.17, 15) is 14.9 Å². The van der Waals surface area contributed by atoms with Crippen LogP contribution in [0, 0.1) is 10.1 Å². The van der Waals surface area contributed by atoms with Gasteiger partial charge in [0.25, 0.3) is 0 Å². The number of nitrogens with zero attached hydrogens (tertiary/aromatic N) is 1. The number of ether oxygens (including phenoxy) is 2. The molecule has 0 spiro atoms. The van der Waals surface area contributed by atoms with Crippen LogP contribution in [0.25, 0.3) is 6.08 Å². The molecule has 0 aliphatic rings. The minimum Gasteiger partial charge on any atom is -0.490 e. The SMILES string of the molecule is COc1cc(Cl)c(C=CCNC(=O)OCc2ccccc2)cc1[N+](=O)[O-]. The number of hydrogen-bond donors (Lipinski definition) is 1. The van der Waals surface area contributed by atoms with Crippen molar-refractivity contribution in [3.63, 3.8) is 0 Å². The van der Waals surface area contributed by atoms with Crippen molar-refractivity contribution in [2.24, 2.45) is 0 Å². The van der Waals surface area contributed by atoms with Gasteiger partial charge in [-0.1, -0.05) is 54.1 Å². The number of nitrogens with one attached hydrogen (secondary N) is 1.